The van der Waals surface area contributed by atoms with Gasteiger partial charge < -0.3 is 10.2 Å². The van der Waals surface area contributed by atoms with E-state index >= 15 is 0 Å². The summed E-state index contributed by atoms with van der Waals surface area (Å²) < 4.78 is 13.3. The van der Waals surface area contributed by atoms with Gasteiger partial charge in [0.1, 0.15) is 5.82 Å². The number of nitrogens with one attached hydrogen (secondary N) is 1. The molecule has 1 saturated heterocycles. The molecule has 1 aliphatic rings. The van der Waals surface area contributed by atoms with Gasteiger partial charge in [0.05, 0.1) is 11.6 Å². The van der Waals surface area contributed by atoms with Gasteiger partial charge in [-0.15, -0.1) is 0 Å². The lowest BCUT2D eigenvalue weighted by Crippen LogP contribution is -2.24. The van der Waals surface area contributed by atoms with E-state index in [0.717, 1.165) is 31.7 Å². The molecule has 0 radical (unpaired) electrons. The number of hydrogen-bond donors (Lipinski definition) is 1. The lowest BCUT2D eigenvalue weighted by atomic mass is 10.1. The van der Waals surface area contributed by atoms with Gasteiger partial charge >= 0.3 is 0 Å². The minimum Gasteiger partial charge on any atom is -0.371 e. The van der Waals surface area contributed by atoms with Crippen molar-refractivity contribution in [1.29, 1.82) is 5.26 Å². The van der Waals surface area contributed by atoms with Crippen LogP contribution in [0.1, 0.15) is 12.0 Å². The van der Waals surface area contributed by atoms with Crippen LogP contribution in [-0.2, 0) is 0 Å². The Balaban J connectivity index is 2.13. The highest BCUT2D eigenvalue weighted by Gasteiger charge is 2.22. The third-order valence-corrected chi connectivity index (χ3v) is 3.16. The average molecular weight is 233 g/mol. The Morgan fingerprint density at radius 2 is 2.35 bits per heavy atom. The Kier molecular flexibility index (Phi) is 3.60. The van der Waals surface area contributed by atoms with E-state index in [1.54, 1.807) is 6.07 Å². The first-order valence-corrected chi connectivity index (χ1v) is 5.83. The number of rotatable bonds is 3. The molecule has 1 atom stereocenters. The van der Waals surface area contributed by atoms with E-state index in [9.17, 15) is 4.39 Å². The van der Waals surface area contributed by atoms with E-state index in [-0.39, 0.29) is 5.82 Å². The highest BCUT2D eigenvalue weighted by Crippen LogP contribution is 2.25. The summed E-state index contributed by atoms with van der Waals surface area (Å²) >= 11 is 0. The molecule has 1 aromatic rings. The lowest BCUT2D eigenvalue weighted by molar-refractivity contribution is 0.549. The van der Waals surface area contributed by atoms with Crippen LogP contribution < -0.4 is 10.2 Å². The number of benzene rings is 1. The van der Waals surface area contributed by atoms with Crippen LogP contribution in [0.5, 0.6) is 0 Å². The topological polar surface area (TPSA) is 39.1 Å². The van der Waals surface area contributed by atoms with E-state index < -0.39 is 0 Å². The molecule has 90 valence electrons. The normalized spacial score (nSPS) is 19.4. The van der Waals surface area contributed by atoms with E-state index in [2.05, 4.69) is 10.2 Å². The van der Waals surface area contributed by atoms with Crippen LogP contribution in [0, 0.1) is 23.1 Å². The molecular formula is C13H16FN3. The van der Waals surface area contributed by atoms with Crippen molar-refractivity contribution in [2.45, 2.75) is 6.42 Å². The van der Waals surface area contributed by atoms with Gasteiger partial charge in [-0.05, 0) is 44.1 Å². The van der Waals surface area contributed by atoms with E-state index in [0.29, 0.717) is 11.5 Å². The van der Waals surface area contributed by atoms with Gasteiger partial charge in [0.15, 0.2) is 0 Å². The maximum atomic E-state index is 13.3. The minimum absolute atomic E-state index is 0.337. The smallest absolute Gasteiger partial charge is 0.126 e. The molecule has 2 rings (SSSR count). The largest absolute Gasteiger partial charge is 0.371 e. The van der Waals surface area contributed by atoms with Crippen molar-refractivity contribution in [1.82, 2.24) is 5.32 Å². The maximum Gasteiger partial charge on any atom is 0.126 e. The van der Waals surface area contributed by atoms with Crippen molar-refractivity contribution in [3.05, 3.63) is 29.6 Å². The second-order valence-electron chi connectivity index (χ2n) is 4.47. The van der Waals surface area contributed by atoms with Gasteiger partial charge in [0.2, 0.25) is 0 Å². The summed E-state index contributed by atoms with van der Waals surface area (Å²) in [5, 5.41) is 12.0. The molecule has 0 saturated carbocycles. The van der Waals surface area contributed by atoms with Gasteiger partial charge in [-0.25, -0.2) is 4.39 Å². The van der Waals surface area contributed by atoms with Crippen LogP contribution in [0.2, 0.25) is 0 Å². The monoisotopic (exact) mass is 233 g/mol. The predicted octanol–water partition coefficient (Wildman–Crippen LogP) is 1.74. The molecule has 0 aliphatic carbocycles. The van der Waals surface area contributed by atoms with Crippen LogP contribution in [0.4, 0.5) is 10.1 Å². The third-order valence-electron chi connectivity index (χ3n) is 3.16. The third kappa shape index (κ3) is 2.75. The van der Waals surface area contributed by atoms with Crippen LogP contribution in [-0.4, -0.2) is 26.7 Å². The fraction of sp³-hybridized carbons (Fsp3) is 0.462. The molecule has 1 unspecified atom stereocenters. The number of nitriles is 1. The summed E-state index contributed by atoms with van der Waals surface area (Å²) in [5.74, 6) is 0.268. The molecule has 1 fully saturated rings. The zero-order chi connectivity index (χ0) is 12.3. The molecule has 17 heavy (non-hydrogen) atoms. The zero-order valence-electron chi connectivity index (χ0n) is 9.91. The molecule has 1 aliphatic heterocycles. The number of hydrogen-bond acceptors (Lipinski definition) is 3. The van der Waals surface area contributed by atoms with Crippen molar-refractivity contribution in [2.75, 3.05) is 31.6 Å². The molecule has 1 N–H and O–H groups in total. The predicted molar refractivity (Wildman–Crippen MR) is 65.4 cm³/mol. The summed E-state index contributed by atoms with van der Waals surface area (Å²) in [5.41, 5.74) is 1.21. The lowest BCUT2D eigenvalue weighted by Gasteiger charge is -2.19. The molecular weight excluding hydrogens is 217 g/mol. The van der Waals surface area contributed by atoms with Gasteiger partial charge in [0, 0.05) is 18.8 Å². The first kappa shape index (κ1) is 11.9. The summed E-state index contributed by atoms with van der Waals surface area (Å²) in [6.07, 6.45) is 1.11. The summed E-state index contributed by atoms with van der Waals surface area (Å²) in [4.78, 5) is 2.14. The Morgan fingerprint density at radius 1 is 1.53 bits per heavy atom. The number of nitrogens with zero attached hydrogens (tertiary/aromatic N) is 2. The average Bonchev–Trinajstić information content (AvgIpc) is 2.77. The van der Waals surface area contributed by atoms with Gasteiger partial charge in [-0.1, -0.05) is 0 Å². The van der Waals surface area contributed by atoms with Crippen LogP contribution in [0.15, 0.2) is 18.2 Å². The number of halogens is 1. The maximum absolute atomic E-state index is 13.3. The number of anilines is 1. The van der Waals surface area contributed by atoms with Crippen LogP contribution in [0.3, 0.4) is 0 Å². The molecule has 1 heterocycles. The van der Waals surface area contributed by atoms with E-state index in [4.69, 9.17) is 5.26 Å². The highest BCUT2D eigenvalue weighted by molar-refractivity contribution is 5.52. The Bertz CT molecular complexity index is 439. The standard InChI is InChI=1S/C13H16FN3/c1-16-8-10-2-3-17(9-10)13-5-11(7-15)4-12(14)6-13/h4-6,10,16H,2-3,8-9H2,1H3. The van der Waals surface area contributed by atoms with E-state index in [1.165, 1.54) is 12.1 Å². The molecule has 0 amide bonds. The van der Waals surface area contributed by atoms with Crippen molar-refractivity contribution < 1.29 is 4.39 Å². The summed E-state index contributed by atoms with van der Waals surface area (Å²) in [6.45, 7) is 2.84. The molecule has 3 nitrogen and oxygen atoms in total. The Labute approximate surface area is 101 Å². The molecule has 0 spiro atoms. The van der Waals surface area contributed by atoms with E-state index in [1.807, 2.05) is 13.1 Å². The summed E-state index contributed by atoms with van der Waals surface area (Å²) in [7, 11) is 1.94. The zero-order valence-corrected chi connectivity index (χ0v) is 9.91. The Morgan fingerprint density at radius 3 is 3.06 bits per heavy atom. The van der Waals surface area contributed by atoms with Gasteiger partial charge in [0.25, 0.3) is 0 Å². The second-order valence-corrected chi connectivity index (χ2v) is 4.47. The molecule has 4 heteroatoms. The fourth-order valence-electron chi connectivity index (χ4n) is 2.34. The van der Waals surface area contributed by atoms with Crippen molar-refractivity contribution in [3.8, 4) is 6.07 Å². The van der Waals surface area contributed by atoms with Crippen LogP contribution in [0.25, 0.3) is 0 Å². The molecule has 1 aromatic carbocycles. The highest BCUT2D eigenvalue weighted by atomic mass is 19.1. The molecule has 0 aromatic heterocycles. The fourth-order valence-corrected chi connectivity index (χ4v) is 2.34. The summed E-state index contributed by atoms with van der Waals surface area (Å²) in [6, 6.07) is 6.51. The minimum atomic E-state index is -0.337. The van der Waals surface area contributed by atoms with Crippen molar-refractivity contribution >= 4 is 5.69 Å². The Hall–Kier alpha value is -1.60. The van der Waals surface area contributed by atoms with Crippen molar-refractivity contribution in [3.63, 3.8) is 0 Å². The first-order chi connectivity index (χ1) is 8.22. The van der Waals surface area contributed by atoms with Gasteiger partial charge in [-0.3, -0.25) is 0 Å². The van der Waals surface area contributed by atoms with Gasteiger partial charge in [-0.2, -0.15) is 5.26 Å². The quantitative estimate of drug-likeness (QED) is 0.864. The SMILES string of the molecule is CNCC1CCN(c2cc(F)cc(C#N)c2)C1. The first-order valence-electron chi connectivity index (χ1n) is 5.83. The molecule has 0 bridgehead atoms. The second kappa shape index (κ2) is 5.15. The van der Waals surface area contributed by atoms with Crippen LogP contribution >= 0.6 is 0 Å². The van der Waals surface area contributed by atoms with Crippen molar-refractivity contribution in [2.24, 2.45) is 5.92 Å².